The van der Waals surface area contributed by atoms with Gasteiger partial charge in [0.1, 0.15) is 42.6 Å². The molecule has 13 N–H and O–H groups in total. The molecule has 21 heteroatoms. The van der Waals surface area contributed by atoms with Crippen molar-refractivity contribution in [3.8, 4) is 5.75 Å². The van der Waals surface area contributed by atoms with Gasteiger partial charge in [0.25, 0.3) is 5.91 Å². The van der Waals surface area contributed by atoms with Crippen molar-refractivity contribution < 1.29 is 74.1 Å². The van der Waals surface area contributed by atoms with Crippen LogP contribution in [0.1, 0.15) is 38.2 Å². The van der Waals surface area contributed by atoms with Gasteiger partial charge in [-0.1, -0.05) is 12.1 Å². The number of carboxylic acids is 1. The normalized spacial score (nSPS) is 20.7. The summed E-state index contributed by atoms with van der Waals surface area (Å²) in [6, 6.07) is -2.35. The smallest absolute Gasteiger partial charge is 0.508 e. The minimum absolute atomic E-state index is 0.00713. The van der Waals surface area contributed by atoms with Crippen LogP contribution in [0, 0.1) is 0 Å². The Kier molecular flexibility index (Phi) is 14.4. The average Bonchev–Trinajstić information content (AvgIpc) is 3.75. The number of amides is 5. The summed E-state index contributed by atoms with van der Waals surface area (Å²) in [5, 5.41) is 46.0. The summed E-state index contributed by atoms with van der Waals surface area (Å²) in [5.74, 6) is -5.77. The molecule has 1 aromatic rings. The molecule has 0 radical (unpaired) electrons. The van der Waals surface area contributed by atoms with Crippen LogP contribution in [-0.4, -0.2) is 149 Å². The molecule has 1 aromatic carbocycles. The third-order valence-electron chi connectivity index (χ3n) is 8.34. The number of nitrogens with one attached hydrogen (secondary N) is 3. The van der Waals surface area contributed by atoms with Gasteiger partial charge in [0.05, 0.1) is 12.7 Å². The number of carboxylic acid groups (broad SMARTS) is 1. The molecule has 5 amide bonds. The summed E-state index contributed by atoms with van der Waals surface area (Å²) in [6.07, 6.45) is -0.516. The summed E-state index contributed by atoms with van der Waals surface area (Å²) in [7, 11) is -4.87. The molecule has 2 aliphatic heterocycles. The lowest BCUT2D eigenvalue weighted by Gasteiger charge is -2.31. The van der Waals surface area contributed by atoms with E-state index in [2.05, 4.69) is 26.2 Å². The van der Waals surface area contributed by atoms with Crippen molar-refractivity contribution in [2.75, 3.05) is 26.3 Å². The second kappa shape index (κ2) is 17.8. The number of carbonyl (C=O) groups excluding carboxylic acids is 5. The van der Waals surface area contributed by atoms with Gasteiger partial charge in [-0.05, 0) is 50.3 Å². The minimum Gasteiger partial charge on any atom is -0.508 e. The molecule has 2 saturated heterocycles. The Morgan fingerprint density at radius 3 is 1.98 bits per heavy atom. The number of carbonyl (C=O) groups is 6. The lowest BCUT2D eigenvalue weighted by Crippen LogP contribution is -2.70. The Hall–Kier alpha value is -4.01. The molecule has 0 bridgehead atoms. The highest BCUT2D eigenvalue weighted by Gasteiger charge is 2.43. The van der Waals surface area contributed by atoms with E-state index in [1.54, 1.807) is 12.1 Å². The van der Waals surface area contributed by atoms with Crippen molar-refractivity contribution >= 4 is 43.7 Å². The fraction of sp³-hybridized carbons (Fsp3) is 0.586. The number of hydrogen-bond acceptors (Lipinski definition) is 13. The largest absolute Gasteiger partial charge is 0.567 e. The second-order valence-electron chi connectivity index (χ2n) is 12.1. The summed E-state index contributed by atoms with van der Waals surface area (Å²) in [4.78, 5) is 108. The van der Waals surface area contributed by atoms with Crippen molar-refractivity contribution in [3.63, 3.8) is 0 Å². The highest BCUT2D eigenvalue weighted by molar-refractivity contribution is 7.53. The number of aliphatic hydroxyl groups is 2. The van der Waals surface area contributed by atoms with E-state index < -0.39 is 99.2 Å². The summed E-state index contributed by atoms with van der Waals surface area (Å²) >= 11 is 0. The maximum absolute atomic E-state index is 13.7. The van der Waals surface area contributed by atoms with E-state index in [4.69, 9.17) is 0 Å². The molecule has 20 nitrogen and oxygen atoms in total. The maximum Gasteiger partial charge on any atom is 0.567 e. The summed E-state index contributed by atoms with van der Waals surface area (Å²) in [6.45, 7) is -0.579. The van der Waals surface area contributed by atoms with E-state index in [0.717, 1.165) is 9.80 Å². The number of phenolic OH excluding ortho intramolecular Hbond substituents is 1. The quantitative estimate of drug-likeness (QED) is 0.0710. The highest BCUT2D eigenvalue weighted by atomic mass is 31.2. The Labute approximate surface area is 286 Å². The molecule has 2 heterocycles. The Bertz CT molecular complexity index is 1390. The first kappa shape index (κ1) is 40.4. The van der Waals surface area contributed by atoms with E-state index in [9.17, 15) is 63.9 Å². The SMILES string of the molecule is C[C@@H](O)[C@H](NC(=O)[C@@H]1CCCN1C(=O)[C@H](CO[P+](O)(O)O)NC(=O)[C@@H]([NH3+])Cc1ccc(O)cc1)C(=O)N[C@@H](CO)C(=O)N1CCC[C@H]1C(=O)O. The first-order valence-corrected chi connectivity index (χ1v) is 17.4. The van der Waals surface area contributed by atoms with Gasteiger partial charge in [-0.15, -0.1) is 0 Å². The summed E-state index contributed by atoms with van der Waals surface area (Å²) < 4.78 is 4.63. The molecule has 7 atom stereocenters. The Morgan fingerprint density at radius 2 is 1.44 bits per heavy atom. The van der Waals surface area contributed by atoms with Gasteiger partial charge in [0.2, 0.25) is 23.6 Å². The molecule has 3 rings (SSSR count). The van der Waals surface area contributed by atoms with Crippen LogP contribution in [0.4, 0.5) is 0 Å². The molecule has 0 spiro atoms. The van der Waals surface area contributed by atoms with Gasteiger partial charge in [-0.25, -0.2) is 4.79 Å². The number of benzene rings is 1. The first-order chi connectivity index (χ1) is 23.4. The number of rotatable bonds is 16. The number of aromatic hydroxyl groups is 1. The molecule has 0 aliphatic carbocycles. The topological polar surface area (TPSA) is 323 Å². The first-order valence-electron chi connectivity index (χ1n) is 15.8. The van der Waals surface area contributed by atoms with Gasteiger partial charge in [-0.2, -0.15) is 19.2 Å². The summed E-state index contributed by atoms with van der Waals surface area (Å²) in [5.41, 5.74) is 4.41. The van der Waals surface area contributed by atoms with Gasteiger partial charge in [0.15, 0.2) is 6.04 Å². The third-order valence-corrected chi connectivity index (χ3v) is 8.83. The standard InChI is InChI=1S/C29H43N6O14P/c1-15(37)23(26(41)31-19(13-36)27(42)35-11-3-5-22(35)29(44)45)33-25(40)21-4-2-10-34(21)28(43)20(14-49-50(46,47)48)32-24(39)18(30)12-16-6-8-17(38)9-7-16/h6-9,15,18-23,36-37,46-48H,2-5,10-14,30H2,1H3,(H4-,31,32,33,38,39,40,41,44,45)/p+2/t15-,18+,19+,20+,21+,22+,23+/m1/s1. The van der Waals surface area contributed by atoms with Crippen LogP contribution in [0.2, 0.25) is 0 Å². The number of aliphatic carboxylic acids is 1. The van der Waals surface area contributed by atoms with E-state index in [1.165, 1.54) is 19.1 Å². The molecule has 2 fully saturated rings. The van der Waals surface area contributed by atoms with Gasteiger partial charge in [-0.3, -0.25) is 24.0 Å². The molecule has 50 heavy (non-hydrogen) atoms. The van der Waals surface area contributed by atoms with Crippen molar-refractivity contribution in [2.24, 2.45) is 0 Å². The Balaban J connectivity index is 1.71. The van der Waals surface area contributed by atoms with E-state index in [-0.39, 0.29) is 44.5 Å². The van der Waals surface area contributed by atoms with Crippen LogP contribution >= 0.6 is 8.17 Å². The number of likely N-dealkylation sites (tertiary alicyclic amines) is 2. The number of phenols is 1. The predicted octanol–water partition coefficient (Wildman–Crippen LogP) is -4.89. The lowest BCUT2D eigenvalue weighted by atomic mass is 10.1. The van der Waals surface area contributed by atoms with Crippen LogP contribution < -0.4 is 21.7 Å². The van der Waals surface area contributed by atoms with Crippen LogP contribution in [0.25, 0.3) is 0 Å². The van der Waals surface area contributed by atoms with Gasteiger partial charge in [0, 0.05) is 19.5 Å². The minimum atomic E-state index is -4.87. The zero-order valence-corrected chi connectivity index (χ0v) is 28.1. The van der Waals surface area contributed by atoms with Crippen LogP contribution in [-0.2, 0) is 39.7 Å². The third kappa shape index (κ3) is 11.0. The monoisotopic (exact) mass is 732 g/mol. The van der Waals surface area contributed by atoms with E-state index in [0.29, 0.717) is 12.0 Å². The van der Waals surface area contributed by atoms with Crippen LogP contribution in [0.3, 0.4) is 0 Å². The highest BCUT2D eigenvalue weighted by Crippen LogP contribution is 2.45. The lowest BCUT2D eigenvalue weighted by molar-refractivity contribution is -0.403. The van der Waals surface area contributed by atoms with Crippen LogP contribution in [0.15, 0.2) is 24.3 Å². The number of hydrogen-bond donors (Lipinski definition) is 11. The number of nitrogens with zero attached hydrogens (tertiary/aromatic N) is 2. The molecule has 0 unspecified atom stereocenters. The molecular weight excluding hydrogens is 687 g/mol. The fourth-order valence-electron chi connectivity index (χ4n) is 5.74. The molecular formula is C29H45N6O14P+2. The van der Waals surface area contributed by atoms with Crippen molar-refractivity contribution in [1.29, 1.82) is 0 Å². The van der Waals surface area contributed by atoms with Gasteiger partial charge < -0.3 is 51.9 Å². The Morgan fingerprint density at radius 1 is 0.900 bits per heavy atom. The van der Waals surface area contributed by atoms with Gasteiger partial charge >= 0.3 is 14.1 Å². The zero-order valence-electron chi connectivity index (χ0n) is 27.3. The zero-order chi connectivity index (χ0) is 37.3. The van der Waals surface area contributed by atoms with E-state index in [1.807, 2.05) is 0 Å². The molecule has 0 saturated carbocycles. The van der Waals surface area contributed by atoms with Crippen molar-refractivity contribution in [2.45, 2.75) is 81.4 Å². The molecule has 0 aromatic heterocycles. The van der Waals surface area contributed by atoms with E-state index >= 15 is 0 Å². The number of aliphatic hydroxyl groups excluding tert-OH is 2. The average molecular weight is 733 g/mol. The predicted molar refractivity (Wildman–Crippen MR) is 170 cm³/mol. The number of quaternary nitrogens is 1. The van der Waals surface area contributed by atoms with Crippen LogP contribution in [0.5, 0.6) is 5.75 Å². The van der Waals surface area contributed by atoms with Crippen molar-refractivity contribution in [1.82, 2.24) is 25.8 Å². The molecule has 278 valence electrons. The maximum atomic E-state index is 13.7. The van der Waals surface area contributed by atoms with Crippen molar-refractivity contribution in [3.05, 3.63) is 29.8 Å². The fourth-order valence-corrected chi connectivity index (χ4v) is 6.09. The molecule has 2 aliphatic rings. The second-order valence-corrected chi connectivity index (χ2v) is 13.4.